The molecule has 3 heterocycles. The number of halogens is 2. The Morgan fingerprint density at radius 1 is 1.14 bits per heavy atom. The van der Waals surface area contributed by atoms with Crippen LogP contribution in [0.25, 0.3) is 0 Å². The highest BCUT2D eigenvalue weighted by Gasteiger charge is 2.45. The van der Waals surface area contributed by atoms with Gasteiger partial charge in [-0.05, 0) is 42.3 Å². The lowest BCUT2D eigenvalue weighted by Crippen LogP contribution is -2.55. The van der Waals surface area contributed by atoms with Crippen molar-refractivity contribution in [3.63, 3.8) is 0 Å². The van der Waals surface area contributed by atoms with Gasteiger partial charge in [0.25, 0.3) is 0 Å². The molecule has 0 unspecified atom stereocenters. The second-order valence-electron chi connectivity index (χ2n) is 11.0. The highest BCUT2D eigenvalue weighted by Crippen LogP contribution is 2.40. The van der Waals surface area contributed by atoms with E-state index >= 15 is 0 Å². The maximum Gasteiger partial charge on any atom is 0.326 e. The molecule has 5 rings (SSSR count). The SMILES string of the molecule is CC(C)[C@H](NC(=O)N1CCN(c2ccc(OC[C@H]3CO[C@](Cn4ccnc4)(c4ccc(Cl)cc4Cl)O3)cc2)CC1)C(=O)O. The van der Waals surface area contributed by atoms with E-state index in [1.54, 1.807) is 43.4 Å². The van der Waals surface area contributed by atoms with Crippen LogP contribution in [-0.2, 0) is 26.6 Å². The Morgan fingerprint density at radius 2 is 1.88 bits per heavy atom. The van der Waals surface area contributed by atoms with Crippen LogP contribution in [0.2, 0.25) is 10.0 Å². The Balaban J connectivity index is 1.14. The van der Waals surface area contributed by atoms with E-state index in [2.05, 4.69) is 15.2 Å². The maximum absolute atomic E-state index is 12.6. The third-order valence-corrected chi connectivity index (χ3v) is 8.11. The number of aromatic nitrogens is 2. The molecule has 0 aliphatic carbocycles. The maximum atomic E-state index is 12.6. The number of ether oxygens (including phenoxy) is 3. The van der Waals surface area contributed by atoms with Crippen molar-refractivity contribution in [2.24, 2.45) is 5.92 Å². The summed E-state index contributed by atoms with van der Waals surface area (Å²) in [5.41, 5.74) is 1.69. The summed E-state index contributed by atoms with van der Waals surface area (Å²) < 4.78 is 20.6. The number of hydrogen-bond acceptors (Lipinski definition) is 7. The Hall–Kier alpha value is -3.51. The van der Waals surface area contributed by atoms with E-state index in [-0.39, 0.29) is 24.7 Å². The average Bonchev–Trinajstić information content (AvgIpc) is 3.65. The van der Waals surface area contributed by atoms with Crippen LogP contribution in [0.3, 0.4) is 0 Å². The van der Waals surface area contributed by atoms with Gasteiger partial charge in [-0.2, -0.15) is 0 Å². The van der Waals surface area contributed by atoms with Gasteiger partial charge in [-0.1, -0.05) is 43.1 Å². The first-order valence-electron chi connectivity index (χ1n) is 14.1. The average molecular weight is 633 g/mol. The molecular weight excluding hydrogens is 597 g/mol. The van der Waals surface area contributed by atoms with Gasteiger partial charge in [0.1, 0.15) is 24.5 Å². The molecule has 2 saturated heterocycles. The number of carbonyl (C=O) groups is 2. The summed E-state index contributed by atoms with van der Waals surface area (Å²) in [5, 5.41) is 13.0. The highest BCUT2D eigenvalue weighted by molar-refractivity contribution is 6.35. The number of piperazine rings is 1. The Kier molecular flexibility index (Phi) is 9.65. The lowest BCUT2D eigenvalue weighted by Gasteiger charge is -2.36. The van der Waals surface area contributed by atoms with Gasteiger partial charge in [0.05, 0.1) is 24.5 Å². The fourth-order valence-electron chi connectivity index (χ4n) is 5.22. The first kappa shape index (κ1) is 30.9. The van der Waals surface area contributed by atoms with E-state index in [9.17, 15) is 14.7 Å². The second-order valence-corrected chi connectivity index (χ2v) is 11.8. The number of carbonyl (C=O) groups excluding carboxylic acids is 1. The number of nitrogens with zero attached hydrogens (tertiary/aromatic N) is 4. The van der Waals surface area contributed by atoms with Gasteiger partial charge in [0, 0.05) is 54.8 Å². The number of carboxylic acids is 1. The summed E-state index contributed by atoms with van der Waals surface area (Å²) in [6, 6.07) is 11.7. The van der Waals surface area contributed by atoms with Crippen molar-refractivity contribution in [3.8, 4) is 5.75 Å². The first-order valence-corrected chi connectivity index (χ1v) is 14.9. The summed E-state index contributed by atoms with van der Waals surface area (Å²) in [6.45, 7) is 6.73. The zero-order valence-corrected chi connectivity index (χ0v) is 25.5. The smallest absolute Gasteiger partial charge is 0.326 e. The number of imidazole rings is 1. The zero-order chi connectivity index (χ0) is 30.6. The normalized spacial score (nSPS) is 21.2. The molecule has 11 nitrogen and oxygen atoms in total. The number of aliphatic carboxylic acids is 1. The fraction of sp³-hybridized carbons (Fsp3) is 0.433. The van der Waals surface area contributed by atoms with Crippen molar-refractivity contribution in [3.05, 3.63) is 76.8 Å². The van der Waals surface area contributed by atoms with Gasteiger partial charge >= 0.3 is 12.0 Å². The van der Waals surface area contributed by atoms with Crippen molar-refractivity contribution in [2.45, 2.75) is 38.3 Å². The quantitative estimate of drug-likeness (QED) is 0.336. The molecule has 0 radical (unpaired) electrons. The summed E-state index contributed by atoms with van der Waals surface area (Å²) >= 11 is 12.7. The molecule has 2 aliphatic rings. The van der Waals surface area contributed by atoms with Crippen molar-refractivity contribution in [1.29, 1.82) is 0 Å². The summed E-state index contributed by atoms with van der Waals surface area (Å²) in [4.78, 5) is 32.0. The minimum Gasteiger partial charge on any atom is -0.491 e. The molecule has 2 aromatic carbocycles. The van der Waals surface area contributed by atoms with Crippen molar-refractivity contribution < 1.29 is 28.9 Å². The number of nitrogens with one attached hydrogen (secondary N) is 1. The van der Waals surface area contributed by atoms with Crippen LogP contribution >= 0.6 is 23.2 Å². The molecule has 2 N–H and O–H groups in total. The highest BCUT2D eigenvalue weighted by atomic mass is 35.5. The minimum absolute atomic E-state index is 0.205. The molecule has 0 bridgehead atoms. The van der Waals surface area contributed by atoms with Crippen LogP contribution in [0.4, 0.5) is 10.5 Å². The molecule has 3 atom stereocenters. The number of carboxylic acid groups (broad SMARTS) is 1. The van der Waals surface area contributed by atoms with Gasteiger partial charge < -0.3 is 39.0 Å². The van der Waals surface area contributed by atoms with E-state index in [1.165, 1.54) is 0 Å². The number of benzene rings is 2. The number of rotatable bonds is 10. The zero-order valence-electron chi connectivity index (χ0n) is 24.0. The number of urea groups is 1. The first-order chi connectivity index (χ1) is 20.6. The van der Waals surface area contributed by atoms with Crippen LogP contribution < -0.4 is 15.0 Å². The number of anilines is 1. The van der Waals surface area contributed by atoms with Crippen molar-refractivity contribution in [2.75, 3.05) is 44.3 Å². The molecule has 3 aromatic rings. The summed E-state index contributed by atoms with van der Waals surface area (Å²) in [5.74, 6) is -1.67. The van der Waals surface area contributed by atoms with E-state index in [0.29, 0.717) is 60.7 Å². The van der Waals surface area contributed by atoms with E-state index < -0.39 is 17.8 Å². The topological polar surface area (TPSA) is 118 Å². The van der Waals surface area contributed by atoms with Crippen LogP contribution in [0, 0.1) is 5.92 Å². The largest absolute Gasteiger partial charge is 0.491 e. The Labute approximate surface area is 260 Å². The van der Waals surface area contributed by atoms with Crippen LogP contribution in [-0.4, -0.2) is 83.1 Å². The molecule has 0 saturated carbocycles. The molecule has 230 valence electrons. The van der Waals surface area contributed by atoms with E-state index in [0.717, 1.165) is 5.69 Å². The third-order valence-electron chi connectivity index (χ3n) is 7.57. The van der Waals surface area contributed by atoms with Gasteiger partial charge in [-0.25, -0.2) is 14.6 Å². The Bertz CT molecular complexity index is 1400. The van der Waals surface area contributed by atoms with Gasteiger partial charge in [0.15, 0.2) is 0 Å². The second kappa shape index (κ2) is 13.4. The molecule has 0 spiro atoms. The molecule has 2 fully saturated rings. The van der Waals surface area contributed by atoms with Gasteiger partial charge in [0.2, 0.25) is 5.79 Å². The number of hydrogen-bond donors (Lipinski definition) is 2. The number of amides is 2. The van der Waals surface area contributed by atoms with Crippen LogP contribution in [0.1, 0.15) is 19.4 Å². The van der Waals surface area contributed by atoms with Crippen molar-refractivity contribution in [1.82, 2.24) is 19.8 Å². The summed E-state index contributed by atoms with van der Waals surface area (Å²) in [6.07, 6.45) is 4.88. The molecule has 43 heavy (non-hydrogen) atoms. The molecule has 2 aliphatic heterocycles. The predicted molar refractivity (Wildman–Crippen MR) is 162 cm³/mol. The lowest BCUT2D eigenvalue weighted by molar-refractivity contribution is -0.189. The standard InChI is InChI=1S/C30H35Cl2N5O6/c1-20(2)27(28(38)39)34-29(40)37-13-11-36(12-14-37)22-4-6-23(7-5-22)41-16-24-17-42-30(43-24,18-35-10-9-33-19-35)25-8-3-21(31)15-26(25)32/h3-10,15,19-20,24,27H,11-14,16-18H2,1-2H3,(H,34,40)(H,38,39)/t24-,27-,30-/m0/s1. The minimum atomic E-state index is -1.12. The van der Waals surface area contributed by atoms with Gasteiger partial charge in [-0.15, -0.1) is 0 Å². The van der Waals surface area contributed by atoms with E-state index in [4.69, 9.17) is 37.4 Å². The molecular formula is C30H35Cl2N5O6. The molecule has 2 amide bonds. The van der Waals surface area contributed by atoms with Crippen LogP contribution in [0.5, 0.6) is 5.75 Å². The molecule has 13 heteroatoms. The van der Waals surface area contributed by atoms with E-state index in [1.807, 2.05) is 41.1 Å². The van der Waals surface area contributed by atoms with Crippen molar-refractivity contribution >= 4 is 40.9 Å². The summed E-state index contributed by atoms with van der Waals surface area (Å²) in [7, 11) is 0. The predicted octanol–water partition coefficient (Wildman–Crippen LogP) is 4.48. The molecule has 1 aromatic heterocycles. The lowest BCUT2D eigenvalue weighted by atomic mass is 10.1. The van der Waals surface area contributed by atoms with Gasteiger partial charge in [-0.3, -0.25) is 0 Å². The fourth-order valence-corrected chi connectivity index (χ4v) is 5.78. The van der Waals surface area contributed by atoms with Crippen LogP contribution in [0.15, 0.2) is 61.2 Å². The third kappa shape index (κ3) is 7.35. The monoisotopic (exact) mass is 631 g/mol. The Morgan fingerprint density at radius 3 is 2.51 bits per heavy atom.